The third kappa shape index (κ3) is 2.02. The molecule has 0 radical (unpaired) electrons. The molecule has 0 N–H and O–H groups in total. The molecule has 3 heteroatoms. The largest absolute Gasteiger partial charge is 0.497 e. The minimum Gasteiger partial charge on any atom is -0.497 e. The first-order valence-electron chi connectivity index (χ1n) is 6.04. The molecule has 1 aliphatic heterocycles. The zero-order valence-corrected chi connectivity index (χ0v) is 10.6. The highest BCUT2D eigenvalue weighted by Gasteiger charge is 2.37. The lowest BCUT2D eigenvalue weighted by Crippen LogP contribution is -2.40. The molecule has 3 nitrogen and oxygen atoms in total. The van der Waals surface area contributed by atoms with Crippen molar-refractivity contribution in [2.45, 2.75) is 38.7 Å². The van der Waals surface area contributed by atoms with Crippen LogP contribution in [-0.4, -0.2) is 18.5 Å². The summed E-state index contributed by atoms with van der Waals surface area (Å²) in [6.07, 6.45) is 2.15. The van der Waals surface area contributed by atoms with Gasteiger partial charge in [0.05, 0.1) is 19.1 Å². The second-order valence-corrected chi connectivity index (χ2v) is 4.45. The van der Waals surface area contributed by atoms with E-state index in [-0.39, 0.29) is 11.4 Å². The fourth-order valence-corrected chi connectivity index (χ4v) is 2.25. The molecule has 0 unspecified atom stereocenters. The van der Waals surface area contributed by atoms with Gasteiger partial charge in [-0.15, -0.1) is 0 Å². The molecule has 92 valence electrons. The first-order valence-corrected chi connectivity index (χ1v) is 6.04. The lowest BCUT2D eigenvalue weighted by Gasteiger charge is -2.36. The number of rotatable bonds is 3. The number of methoxy groups -OCH3 is 1. The third-order valence-corrected chi connectivity index (χ3v) is 3.59. The molecule has 0 saturated carbocycles. The Morgan fingerprint density at radius 1 is 1.35 bits per heavy atom. The Hall–Kier alpha value is -1.51. The molecule has 17 heavy (non-hydrogen) atoms. The molecular weight excluding hydrogens is 216 g/mol. The fourth-order valence-electron chi connectivity index (χ4n) is 2.25. The minimum atomic E-state index is -0.337. The maximum absolute atomic E-state index is 12.1. The molecule has 1 aromatic carbocycles. The monoisotopic (exact) mass is 234 g/mol. The normalized spacial score (nSPS) is 17.2. The van der Waals surface area contributed by atoms with E-state index in [9.17, 15) is 4.79 Å². The smallest absolute Gasteiger partial charge is 0.170 e. The summed E-state index contributed by atoms with van der Waals surface area (Å²) in [5, 5.41) is 0. The quantitative estimate of drug-likeness (QED) is 0.805. The lowest BCUT2D eigenvalue weighted by molar-refractivity contribution is 0.0348. The van der Waals surface area contributed by atoms with Gasteiger partial charge in [0.25, 0.3) is 0 Å². The molecule has 1 heterocycles. The molecule has 2 rings (SSSR count). The van der Waals surface area contributed by atoms with Crippen molar-refractivity contribution in [3.05, 3.63) is 23.8 Å². The highest BCUT2D eigenvalue weighted by Crippen LogP contribution is 2.38. The van der Waals surface area contributed by atoms with E-state index in [1.165, 1.54) is 0 Å². The van der Waals surface area contributed by atoms with Crippen LogP contribution in [0.3, 0.4) is 0 Å². The van der Waals surface area contributed by atoms with E-state index in [2.05, 4.69) is 13.8 Å². The lowest BCUT2D eigenvalue weighted by atomic mass is 9.86. The molecule has 0 amide bonds. The van der Waals surface area contributed by atoms with Crippen LogP contribution in [0.15, 0.2) is 18.2 Å². The van der Waals surface area contributed by atoms with Crippen LogP contribution >= 0.6 is 0 Å². The van der Waals surface area contributed by atoms with E-state index in [4.69, 9.17) is 9.47 Å². The molecule has 1 aromatic rings. The predicted octanol–water partition coefficient (Wildman–Crippen LogP) is 3.22. The minimum absolute atomic E-state index is 0.164. The molecular formula is C14H18O3. The van der Waals surface area contributed by atoms with Gasteiger partial charge in [0.1, 0.15) is 17.1 Å². The van der Waals surface area contributed by atoms with E-state index in [1.54, 1.807) is 25.3 Å². The van der Waals surface area contributed by atoms with Gasteiger partial charge in [-0.05, 0) is 25.0 Å². The number of ketones is 1. The number of ether oxygens (including phenoxy) is 2. The van der Waals surface area contributed by atoms with Gasteiger partial charge in [-0.2, -0.15) is 0 Å². The standard InChI is InChI=1S/C14H18O3/c1-4-14(5-2)9-12(15)11-7-6-10(16-3)8-13(11)17-14/h6-8H,4-5,9H2,1-3H3. The Morgan fingerprint density at radius 3 is 2.65 bits per heavy atom. The molecule has 0 aliphatic carbocycles. The second kappa shape index (κ2) is 4.40. The van der Waals surface area contributed by atoms with Crippen LogP contribution in [0.2, 0.25) is 0 Å². The number of hydrogen-bond donors (Lipinski definition) is 0. The number of hydrogen-bond acceptors (Lipinski definition) is 3. The van der Waals surface area contributed by atoms with Crippen LogP contribution in [0.4, 0.5) is 0 Å². The summed E-state index contributed by atoms with van der Waals surface area (Å²) in [5.74, 6) is 1.54. The number of carbonyl (C=O) groups is 1. The molecule has 1 aliphatic rings. The van der Waals surface area contributed by atoms with Gasteiger partial charge in [0.2, 0.25) is 0 Å². The van der Waals surface area contributed by atoms with Crippen LogP contribution in [0.5, 0.6) is 11.5 Å². The number of carbonyl (C=O) groups excluding carboxylic acids is 1. The Morgan fingerprint density at radius 2 is 2.06 bits per heavy atom. The molecule has 0 saturated heterocycles. The molecule has 0 atom stereocenters. The fraction of sp³-hybridized carbons (Fsp3) is 0.500. The van der Waals surface area contributed by atoms with E-state index >= 15 is 0 Å². The number of fused-ring (bicyclic) bond motifs is 1. The molecule has 0 spiro atoms. The SMILES string of the molecule is CCC1(CC)CC(=O)c2ccc(OC)cc2O1. The van der Waals surface area contributed by atoms with Crippen LogP contribution in [-0.2, 0) is 0 Å². The van der Waals surface area contributed by atoms with E-state index in [1.807, 2.05) is 0 Å². The summed E-state index contributed by atoms with van der Waals surface area (Å²) in [5.41, 5.74) is 0.333. The van der Waals surface area contributed by atoms with Crippen LogP contribution < -0.4 is 9.47 Å². The average molecular weight is 234 g/mol. The van der Waals surface area contributed by atoms with Crippen molar-refractivity contribution in [3.63, 3.8) is 0 Å². The van der Waals surface area contributed by atoms with Crippen molar-refractivity contribution >= 4 is 5.78 Å². The van der Waals surface area contributed by atoms with Crippen molar-refractivity contribution in [1.29, 1.82) is 0 Å². The van der Waals surface area contributed by atoms with Gasteiger partial charge in [-0.3, -0.25) is 4.79 Å². The van der Waals surface area contributed by atoms with Crippen LogP contribution in [0, 0.1) is 0 Å². The first-order chi connectivity index (χ1) is 8.14. The van der Waals surface area contributed by atoms with Crippen LogP contribution in [0.1, 0.15) is 43.5 Å². The zero-order chi connectivity index (χ0) is 12.5. The Kier molecular flexibility index (Phi) is 3.09. The van der Waals surface area contributed by atoms with Crippen molar-refractivity contribution in [1.82, 2.24) is 0 Å². The van der Waals surface area contributed by atoms with Gasteiger partial charge in [-0.1, -0.05) is 13.8 Å². The summed E-state index contributed by atoms with van der Waals surface area (Å²) in [6.45, 7) is 4.11. The van der Waals surface area contributed by atoms with Gasteiger partial charge in [-0.25, -0.2) is 0 Å². The van der Waals surface area contributed by atoms with Gasteiger partial charge >= 0.3 is 0 Å². The summed E-state index contributed by atoms with van der Waals surface area (Å²) < 4.78 is 11.2. The zero-order valence-electron chi connectivity index (χ0n) is 10.6. The van der Waals surface area contributed by atoms with Gasteiger partial charge in [0, 0.05) is 6.07 Å². The Bertz CT molecular complexity index is 433. The molecule has 0 aromatic heterocycles. The predicted molar refractivity (Wildman–Crippen MR) is 65.9 cm³/mol. The Balaban J connectivity index is 2.43. The van der Waals surface area contributed by atoms with Gasteiger partial charge in [0.15, 0.2) is 5.78 Å². The first kappa shape index (κ1) is 12.0. The van der Waals surface area contributed by atoms with E-state index in [0.717, 1.165) is 18.6 Å². The molecule has 0 bridgehead atoms. The van der Waals surface area contributed by atoms with Gasteiger partial charge < -0.3 is 9.47 Å². The summed E-state index contributed by atoms with van der Waals surface area (Å²) >= 11 is 0. The summed E-state index contributed by atoms with van der Waals surface area (Å²) in [6, 6.07) is 5.38. The Labute approximate surface area is 102 Å². The maximum atomic E-state index is 12.1. The third-order valence-electron chi connectivity index (χ3n) is 3.59. The number of benzene rings is 1. The van der Waals surface area contributed by atoms with Crippen molar-refractivity contribution in [2.24, 2.45) is 0 Å². The van der Waals surface area contributed by atoms with E-state index < -0.39 is 0 Å². The summed E-state index contributed by atoms with van der Waals surface area (Å²) in [4.78, 5) is 12.1. The van der Waals surface area contributed by atoms with Crippen molar-refractivity contribution in [3.8, 4) is 11.5 Å². The topological polar surface area (TPSA) is 35.5 Å². The molecule has 0 fully saturated rings. The maximum Gasteiger partial charge on any atom is 0.170 e. The average Bonchev–Trinajstić information content (AvgIpc) is 2.37. The van der Waals surface area contributed by atoms with Crippen LogP contribution in [0.25, 0.3) is 0 Å². The second-order valence-electron chi connectivity index (χ2n) is 4.45. The highest BCUT2D eigenvalue weighted by molar-refractivity contribution is 6.00. The highest BCUT2D eigenvalue weighted by atomic mass is 16.5. The van der Waals surface area contributed by atoms with Crippen molar-refractivity contribution in [2.75, 3.05) is 7.11 Å². The van der Waals surface area contributed by atoms with Crippen molar-refractivity contribution < 1.29 is 14.3 Å². The van der Waals surface area contributed by atoms with E-state index in [0.29, 0.717) is 17.7 Å². The number of Topliss-reactive ketones (excluding diaryl/α,β-unsaturated/α-hetero) is 1. The summed E-state index contributed by atoms with van der Waals surface area (Å²) in [7, 11) is 1.61.